The number of hydrogen-bond acceptors (Lipinski definition) is 4. The van der Waals surface area contributed by atoms with Crippen LogP contribution in [0.15, 0.2) is 43.0 Å². The van der Waals surface area contributed by atoms with Gasteiger partial charge in [0.1, 0.15) is 12.7 Å². The molecule has 134 valence electrons. The molecule has 1 aromatic heterocycles. The summed E-state index contributed by atoms with van der Waals surface area (Å²) in [4.78, 5) is 21.1. The van der Waals surface area contributed by atoms with Crippen molar-refractivity contribution in [2.75, 3.05) is 19.6 Å². The number of piperidine rings is 1. The van der Waals surface area contributed by atoms with Crippen molar-refractivity contribution in [2.45, 2.75) is 45.3 Å². The Morgan fingerprint density at radius 2 is 2.12 bits per heavy atom. The van der Waals surface area contributed by atoms with Crippen LogP contribution in [0.4, 0.5) is 0 Å². The van der Waals surface area contributed by atoms with E-state index in [1.54, 1.807) is 12.7 Å². The van der Waals surface area contributed by atoms with Crippen LogP contribution in [0.1, 0.15) is 31.7 Å². The van der Waals surface area contributed by atoms with Gasteiger partial charge in [0.15, 0.2) is 0 Å². The lowest BCUT2D eigenvalue weighted by Gasteiger charge is -2.36. The number of hydrogen-bond donors (Lipinski definition) is 0. The second-order valence-electron chi connectivity index (χ2n) is 6.63. The molecule has 2 heterocycles. The van der Waals surface area contributed by atoms with Crippen molar-refractivity contribution in [1.29, 1.82) is 0 Å². The number of carbonyl (C=O) groups excluding carboxylic acids is 1. The van der Waals surface area contributed by atoms with E-state index in [-0.39, 0.29) is 5.91 Å². The number of rotatable bonds is 7. The first-order valence-electron chi connectivity index (χ1n) is 9.14. The third-order valence-electron chi connectivity index (χ3n) is 4.90. The van der Waals surface area contributed by atoms with Crippen LogP contribution in [0, 0.1) is 0 Å². The summed E-state index contributed by atoms with van der Waals surface area (Å²) in [6.07, 6.45) is 6.80. The molecule has 0 bridgehead atoms. The second-order valence-corrected chi connectivity index (χ2v) is 6.63. The minimum Gasteiger partial charge on any atom is -0.338 e. The lowest BCUT2D eigenvalue weighted by molar-refractivity contribution is -0.133. The number of carbonyl (C=O) groups is 1. The van der Waals surface area contributed by atoms with E-state index in [2.05, 4.69) is 27.1 Å². The molecule has 1 fully saturated rings. The summed E-state index contributed by atoms with van der Waals surface area (Å²) in [7, 11) is 0. The van der Waals surface area contributed by atoms with Crippen molar-refractivity contribution < 1.29 is 4.79 Å². The SMILES string of the molecule is CCN(Cc1ccccc1)C(=O)CN1CCCC[C@@H]1Cn1cncn1. The molecule has 1 amide bonds. The highest BCUT2D eigenvalue weighted by Gasteiger charge is 2.26. The molecule has 0 saturated carbocycles. The number of amides is 1. The van der Waals surface area contributed by atoms with E-state index in [4.69, 9.17) is 0 Å². The van der Waals surface area contributed by atoms with Gasteiger partial charge in [0.2, 0.25) is 5.91 Å². The molecule has 2 aromatic rings. The molecule has 1 atom stereocenters. The van der Waals surface area contributed by atoms with Gasteiger partial charge in [0.25, 0.3) is 0 Å². The summed E-state index contributed by atoms with van der Waals surface area (Å²) >= 11 is 0. The van der Waals surface area contributed by atoms with Crippen molar-refractivity contribution in [3.05, 3.63) is 48.5 Å². The van der Waals surface area contributed by atoms with Crippen molar-refractivity contribution >= 4 is 5.91 Å². The number of likely N-dealkylation sites (N-methyl/N-ethyl adjacent to an activating group) is 1. The number of likely N-dealkylation sites (tertiary alicyclic amines) is 1. The summed E-state index contributed by atoms with van der Waals surface area (Å²) in [5, 5.41) is 4.21. The third kappa shape index (κ3) is 4.89. The number of aromatic nitrogens is 3. The van der Waals surface area contributed by atoms with Gasteiger partial charge in [-0.05, 0) is 31.9 Å². The van der Waals surface area contributed by atoms with Gasteiger partial charge in [-0.1, -0.05) is 36.8 Å². The molecule has 1 saturated heterocycles. The van der Waals surface area contributed by atoms with E-state index < -0.39 is 0 Å². The maximum Gasteiger partial charge on any atom is 0.237 e. The van der Waals surface area contributed by atoms with Gasteiger partial charge in [0, 0.05) is 19.1 Å². The molecule has 1 aromatic carbocycles. The normalized spacial score (nSPS) is 18.2. The van der Waals surface area contributed by atoms with Gasteiger partial charge in [-0.3, -0.25) is 14.4 Å². The summed E-state index contributed by atoms with van der Waals surface area (Å²) < 4.78 is 1.87. The van der Waals surface area contributed by atoms with Crippen LogP contribution in [-0.4, -0.2) is 56.1 Å². The van der Waals surface area contributed by atoms with Crippen LogP contribution in [0.3, 0.4) is 0 Å². The first-order valence-corrected chi connectivity index (χ1v) is 9.14. The lowest BCUT2D eigenvalue weighted by atomic mass is 10.0. The number of nitrogens with zero attached hydrogens (tertiary/aromatic N) is 5. The Bertz CT molecular complexity index is 643. The smallest absolute Gasteiger partial charge is 0.237 e. The van der Waals surface area contributed by atoms with Crippen molar-refractivity contribution in [2.24, 2.45) is 0 Å². The van der Waals surface area contributed by atoms with E-state index in [1.165, 1.54) is 12.0 Å². The molecule has 6 heteroatoms. The molecule has 0 N–H and O–H groups in total. The molecule has 0 unspecified atom stereocenters. The van der Waals surface area contributed by atoms with E-state index in [9.17, 15) is 4.79 Å². The monoisotopic (exact) mass is 341 g/mol. The lowest BCUT2D eigenvalue weighted by Crippen LogP contribution is -2.48. The predicted molar refractivity (Wildman–Crippen MR) is 96.8 cm³/mol. The van der Waals surface area contributed by atoms with Crippen LogP contribution in [0.25, 0.3) is 0 Å². The maximum atomic E-state index is 12.8. The van der Waals surface area contributed by atoms with Crippen LogP contribution < -0.4 is 0 Å². The maximum absolute atomic E-state index is 12.8. The summed E-state index contributed by atoms with van der Waals surface area (Å²) in [6.45, 7) is 5.73. The molecule has 0 spiro atoms. The van der Waals surface area contributed by atoms with E-state index in [0.29, 0.717) is 19.1 Å². The van der Waals surface area contributed by atoms with Gasteiger partial charge in [0.05, 0.1) is 13.1 Å². The van der Waals surface area contributed by atoms with Crippen LogP contribution in [-0.2, 0) is 17.9 Å². The molecule has 25 heavy (non-hydrogen) atoms. The van der Waals surface area contributed by atoms with Gasteiger partial charge >= 0.3 is 0 Å². The Balaban J connectivity index is 1.60. The highest BCUT2D eigenvalue weighted by Crippen LogP contribution is 2.18. The van der Waals surface area contributed by atoms with Gasteiger partial charge < -0.3 is 4.90 Å². The topological polar surface area (TPSA) is 54.3 Å². The quantitative estimate of drug-likeness (QED) is 0.775. The van der Waals surface area contributed by atoms with Crippen molar-refractivity contribution in [3.63, 3.8) is 0 Å². The van der Waals surface area contributed by atoms with Crippen LogP contribution in [0.5, 0.6) is 0 Å². The first kappa shape index (κ1) is 17.6. The zero-order valence-electron chi connectivity index (χ0n) is 14.9. The molecule has 1 aliphatic rings. The fourth-order valence-corrected chi connectivity index (χ4v) is 3.47. The largest absolute Gasteiger partial charge is 0.338 e. The molecule has 1 aliphatic heterocycles. The molecular weight excluding hydrogens is 314 g/mol. The Morgan fingerprint density at radius 1 is 1.28 bits per heavy atom. The molecule has 6 nitrogen and oxygen atoms in total. The first-order chi connectivity index (χ1) is 12.3. The Morgan fingerprint density at radius 3 is 2.84 bits per heavy atom. The van der Waals surface area contributed by atoms with E-state index in [0.717, 1.165) is 32.5 Å². The minimum absolute atomic E-state index is 0.205. The third-order valence-corrected chi connectivity index (χ3v) is 4.90. The molecule has 0 radical (unpaired) electrons. The molecule has 0 aliphatic carbocycles. The van der Waals surface area contributed by atoms with Crippen LogP contribution >= 0.6 is 0 Å². The summed E-state index contributed by atoms with van der Waals surface area (Å²) in [6, 6.07) is 10.5. The molecular formula is C19H27N5O. The highest BCUT2D eigenvalue weighted by atomic mass is 16.2. The van der Waals surface area contributed by atoms with Crippen molar-refractivity contribution in [3.8, 4) is 0 Å². The summed E-state index contributed by atoms with van der Waals surface area (Å²) in [5.41, 5.74) is 1.18. The average Bonchev–Trinajstić information content (AvgIpc) is 3.15. The fourth-order valence-electron chi connectivity index (χ4n) is 3.47. The van der Waals surface area contributed by atoms with Gasteiger partial charge in [-0.25, -0.2) is 4.98 Å². The predicted octanol–water partition coefficient (Wildman–Crippen LogP) is 2.18. The zero-order valence-corrected chi connectivity index (χ0v) is 14.9. The van der Waals surface area contributed by atoms with E-state index in [1.807, 2.05) is 34.7 Å². The Labute approximate surface area is 149 Å². The zero-order chi connectivity index (χ0) is 17.5. The Kier molecular flexibility index (Phi) is 6.17. The average molecular weight is 341 g/mol. The highest BCUT2D eigenvalue weighted by molar-refractivity contribution is 5.78. The molecule has 3 rings (SSSR count). The Hall–Kier alpha value is -2.21. The van der Waals surface area contributed by atoms with E-state index >= 15 is 0 Å². The fraction of sp³-hybridized carbons (Fsp3) is 0.526. The van der Waals surface area contributed by atoms with Crippen molar-refractivity contribution in [1.82, 2.24) is 24.6 Å². The van der Waals surface area contributed by atoms with Gasteiger partial charge in [-0.15, -0.1) is 0 Å². The summed E-state index contributed by atoms with van der Waals surface area (Å²) in [5.74, 6) is 0.205. The van der Waals surface area contributed by atoms with Crippen LogP contribution in [0.2, 0.25) is 0 Å². The second kappa shape index (κ2) is 8.76. The number of benzene rings is 1. The minimum atomic E-state index is 0.205. The standard InChI is InChI=1S/C19H27N5O/c1-2-22(12-17-8-4-3-5-9-17)19(25)14-23-11-7-6-10-18(23)13-24-16-20-15-21-24/h3-5,8-9,15-16,18H,2,6-7,10-14H2,1H3/t18-/m1/s1. The van der Waals surface area contributed by atoms with Gasteiger partial charge in [-0.2, -0.15) is 5.10 Å².